The molecule has 0 aliphatic carbocycles. The van der Waals surface area contributed by atoms with Gasteiger partial charge in [0.25, 0.3) is 5.56 Å². The first kappa shape index (κ1) is 16.4. The van der Waals surface area contributed by atoms with Crippen molar-refractivity contribution < 1.29 is 4.79 Å². The van der Waals surface area contributed by atoms with E-state index in [1.807, 2.05) is 6.92 Å². The maximum Gasteiger partial charge on any atom is 0.267 e. The molecular weight excluding hydrogens is 348 g/mol. The Hall–Kier alpha value is -2.51. The maximum absolute atomic E-state index is 12.1. The van der Waals surface area contributed by atoms with Crippen LogP contribution in [0.1, 0.15) is 5.69 Å². The average molecular weight is 361 g/mol. The minimum atomic E-state index is -0.344. The van der Waals surface area contributed by atoms with Crippen LogP contribution in [0.15, 0.2) is 47.3 Å². The van der Waals surface area contributed by atoms with Gasteiger partial charge in [-0.05, 0) is 42.7 Å². The predicted octanol–water partition coefficient (Wildman–Crippen LogP) is 2.97. The molecule has 122 valence electrons. The fraction of sp³-hybridized carbons (Fsp3) is 0.125. The van der Waals surface area contributed by atoms with Crippen LogP contribution in [0.25, 0.3) is 11.3 Å². The van der Waals surface area contributed by atoms with Crippen molar-refractivity contribution in [1.82, 2.24) is 14.2 Å². The highest BCUT2D eigenvalue weighted by atomic mass is 35.5. The maximum atomic E-state index is 12.1. The second-order valence-corrected chi connectivity index (χ2v) is 6.34. The van der Waals surface area contributed by atoms with Crippen LogP contribution in [-0.4, -0.2) is 20.1 Å². The van der Waals surface area contributed by atoms with Gasteiger partial charge in [0.1, 0.15) is 11.5 Å². The summed E-state index contributed by atoms with van der Waals surface area (Å²) < 4.78 is 5.22. The van der Waals surface area contributed by atoms with E-state index in [-0.39, 0.29) is 18.0 Å². The fourth-order valence-electron chi connectivity index (χ4n) is 2.07. The summed E-state index contributed by atoms with van der Waals surface area (Å²) in [5, 5.41) is 8.21. The first-order valence-electron chi connectivity index (χ1n) is 7.08. The largest absolute Gasteiger partial charge is 0.315 e. The van der Waals surface area contributed by atoms with Crippen LogP contribution in [0.4, 0.5) is 5.00 Å². The first-order valence-corrected chi connectivity index (χ1v) is 8.24. The van der Waals surface area contributed by atoms with Gasteiger partial charge in [0.15, 0.2) is 0 Å². The number of anilines is 1. The molecule has 0 radical (unpaired) electrons. The minimum absolute atomic E-state index is 0.169. The molecule has 0 spiro atoms. The van der Waals surface area contributed by atoms with E-state index in [2.05, 4.69) is 14.8 Å². The van der Waals surface area contributed by atoms with Gasteiger partial charge in [0.05, 0.1) is 11.4 Å². The molecule has 8 heteroatoms. The number of rotatable bonds is 4. The van der Waals surface area contributed by atoms with E-state index in [1.165, 1.54) is 17.6 Å². The summed E-state index contributed by atoms with van der Waals surface area (Å²) in [6.45, 7) is 1.67. The molecule has 0 atom stereocenters. The van der Waals surface area contributed by atoms with Crippen LogP contribution < -0.4 is 10.9 Å². The summed E-state index contributed by atoms with van der Waals surface area (Å²) in [6.07, 6.45) is 0. The average Bonchev–Trinajstić information content (AvgIpc) is 2.95. The lowest BCUT2D eigenvalue weighted by atomic mass is 10.1. The third-order valence-corrected chi connectivity index (χ3v) is 4.24. The summed E-state index contributed by atoms with van der Waals surface area (Å²) in [5.74, 6) is -0.332. The van der Waals surface area contributed by atoms with Gasteiger partial charge >= 0.3 is 0 Å². The summed E-state index contributed by atoms with van der Waals surface area (Å²) in [4.78, 5) is 24.0. The normalized spacial score (nSPS) is 10.6. The predicted molar refractivity (Wildman–Crippen MR) is 94.4 cm³/mol. The number of hydrogen-bond acceptors (Lipinski definition) is 5. The summed E-state index contributed by atoms with van der Waals surface area (Å²) in [6, 6.07) is 11.9. The van der Waals surface area contributed by atoms with E-state index >= 15 is 0 Å². The quantitative estimate of drug-likeness (QED) is 0.776. The highest BCUT2D eigenvalue weighted by molar-refractivity contribution is 7.10. The van der Waals surface area contributed by atoms with E-state index in [0.29, 0.717) is 15.7 Å². The summed E-state index contributed by atoms with van der Waals surface area (Å²) >= 11 is 7.06. The van der Waals surface area contributed by atoms with Crippen molar-refractivity contribution in [3.05, 3.63) is 63.5 Å². The monoisotopic (exact) mass is 360 g/mol. The molecule has 2 heterocycles. The lowest BCUT2D eigenvalue weighted by molar-refractivity contribution is -0.116. The minimum Gasteiger partial charge on any atom is -0.315 e. The molecule has 0 unspecified atom stereocenters. The number of nitrogens with zero attached hydrogens (tertiary/aromatic N) is 3. The number of nitrogens with one attached hydrogen (secondary N) is 1. The van der Waals surface area contributed by atoms with Crippen LogP contribution in [0.5, 0.6) is 0 Å². The van der Waals surface area contributed by atoms with E-state index in [9.17, 15) is 9.59 Å². The zero-order valence-electron chi connectivity index (χ0n) is 12.7. The number of carbonyl (C=O) groups excluding carboxylic acids is 1. The Morgan fingerprint density at radius 3 is 2.67 bits per heavy atom. The highest BCUT2D eigenvalue weighted by Crippen LogP contribution is 2.18. The second-order valence-electron chi connectivity index (χ2n) is 5.10. The number of aryl methyl sites for hydroxylation is 1. The van der Waals surface area contributed by atoms with Gasteiger partial charge in [-0.2, -0.15) is 9.47 Å². The molecule has 1 N–H and O–H groups in total. The molecule has 1 aromatic carbocycles. The lowest BCUT2D eigenvalue weighted by Gasteiger charge is -2.07. The number of hydrogen-bond donors (Lipinski definition) is 1. The molecule has 6 nitrogen and oxygen atoms in total. The topological polar surface area (TPSA) is 76.9 Å². The van der Waals surface area contributed by atoms with Crippen molar-refractivity contribution in [3.63, 3.8) is 0 Å². The van der Waals surface area contributed by atoms with Crippen LogP contribution in [0.3, 0.4) is 0 Å². The Morgan fingerprint density at radius 2 is 2.00 bits per heavy atom. The first-order chi connectivity index (χ1) is 11.5. The standard InChI is InChI=1S/C16H13ClN4O2S/c1-10-8-15(24-20-10)18-14(22)9-21-16(23)7-6-13(19-21)11-2-4-12(17)5-3-11/h2-8H,9H2,1H3,(H,18,22). The zero-order chi connectivity index (χ0) is 17.1. The van der Waals surface area contributed by atoms with Crippen LogP contribution in [0, 0.1) is 6.92 Å². The van der Waals surface area contributed by atoms with E-state index < -0.39 is 0 Å². The molecule has 0 aliphatic rings. The number of halogens is 1. The Bertz CT molecular complexity index is 934. The third kappa shape index (κ3) is 3.87. The molecule has 3 rings (SSSR count). The van der Waals surface area contributed by atoms with E-state index in [4.69, 9.17) is 11.6 Å². The van der Waals surface area contributed by atoms with Crippen LogP contribution in [0.2, 0.25) is 5.02 Å². The fourth-order valence-corrected chi connectivity index (χ4v) is 2.88. The number of amides is 1. The van der Waals surface area contributed by atoms with Crippen LogP contribution in [-0.2, 0) is 11.3 Å². The van der Waals surface area contributed by atoms with E-state index in [1.54, 1.807) is 36.4 Å². The smallest absolute Gasteiger partial charge is 0.267 e. The molecular formula is C16H13ClN4O2S. The molecule has 2 aromatic heterocycles. The van der Waals surface area contributed by atoms with Gasteiger partial charge in [-0.25, -0.2) is 4.68 Å². The van der Waals surface area contributed by atoms with Gasteiger partial charge in [0, 0.05) is 16.7 Å². The zero-order valence-corrected chi connectivity index (χ0v) is 14.3. The van der Waals surface area contributed by atoms with Crippen LogP contribution >= 0.6 is 23.1 Å². The molecule has 0 aliphatic heterocycles. The molecule has 0 saturated heterocycles. The van der Waals surface area contributed by atoms with Gasteiger partial charge in [-0.15, -0.1) is 0 Å². The summed E-state index contributed by atoms with van der Waals surface area (Å²) in [5.41, 5.74) is 1.89. The number of benzene rings is 1. The lowest BCUT2D eigenvalue weighted by Crippen LogP contribution is -2.29. The Morgan fingerprint density at radius 1 is 1.25 bits per heavy atom. The Kier molecular flexibility index (Phi) is 4.73. The van der Waals surface area contributed by atoms with Crippen molar-refractivity contribution in [3.8, 4) is 11.3 Å². The molecule has 3 aromatic rings. The summed E-state index contributed by atoms with van der Waals surface area (Å²) in [7, 11) is 0. The van der Waals surface area contributed by atoms with Crippen molar-refractivity contribution in [2.75, 3.05) is 5.32 Å². The van der Waals surface area contributed by atoms with Crippen molar-refractivity contribution in [1.29, 1.82) is 0 Å². The van der Waals surface area contributed by atoms with Gasteiger partial charge in [-0.1, -0.05) is 23.7 Å². The second kappa shape index (κ2) is 6.94. The Balaban J connectivity index is 1.80. The van der Waals surface area contributed by atoms with Crippen molar-refractivity contribution in [2.24, 2.45) is 0 Å². The number of carbonyl (C=O) groups is 1. The van der Waals surface area contributed by atoms with Gasteiger partial charge < -0.3 is 5.32 Å². The molecule has 24 heavy (non-hydrogen) atoms. The van der Waals surface area contributed by atoms with Crippen molar-refractivity contribution >= 4 is 34.0 Å². The molecule has 1 amide bonds. The Labute approximate surface area is 146 Å². The number of aromatic nitrogens is 3. The molecule has 0 fully saturated rings. The molecule has 0 saturated carbocycles. The SMILES string of the molecule is Cc1cc(NC(=O)Cn2nc(-c3ccc(Cl)cc3)ccc2=O)sn1. The third-order valence-electron chi connectivity index (χ3n) is 3.19. The van der Waals surface area contributed by atoms with Gasteiger partial charge in [0.2, 0.25) is 5.91 Å². The van der Waals surface area contributed by atoms with Crippen molar-refractivity contribution in [2.45, 2.75) is 13.5 Å². The highest BCUT2D eigenvalue weighted by Gasteiger charge is 2.09. The van der Waals surface area contributed by atoms with Gasteiger partial charge in [-0.3, -0.25) is 9.59 Å². The molecule has 0 bridgehead atoms. The van der Waals surface area contributed by atoms with E-state index in [0.717, 1.165) is 15.9 Å².